The number of amides is 2. The molecule has 2 amide bonds. The van der Waals surface area contributed by atoms with E-state index in [2.05, 4.69) is 17.1 Å². The van der Waals surface area contributed by atoms with Crippen LogP contribution in [-0.4, -0.2) is 70.3 Å². The lowest BCUT2D eigenvalue weighted by Crippen LogP contribution is -2.49. The molecule has 0 aromatic rings. The zero-order chi connectivity index (χ0) is 13.8. The number of likely N-dealkylation sites (tertiary alicyclic amines) is 1. The van der Waals surface area contributed by atoms with Gasteiger partial charge in [0, 0.05) is 18.3 Å². The van der Waals surface area contributed by atoms with Crippen molar-refractivity contribution >= 4 is 23.8 Å². The highest BCUT2D eigenvalue weighted by Gasteiger charge is 2.35. The average molecular weight is 287 g/mol. The molecule has 0 radical (unpaired) electrons. The Kier molecular flexibility index (Phi) is 4.93. The standard InChI is InChI=1S/C12H21N3O3S/c1-2-14-5-3-4-9(14)6-13-12(18)15-8-19-7-10(15)11(16)17/h9-10H,2-8H2,1H3,(H,13,18)(H,16,17). The van der Waals surface area contributed by atoms with E-state index in [-0.39, 0.29) is 6.03 Å². The number of hydrogen-bond acceptors (Lipinski definition) is 4. The summed E-state index contributed by atoms with van der Waals surface area (Å²) in [5.41, 5.74) is 0. The first-order valence-electron chi connectivity index (χ1n) is 6.72. The monoisotopic (exact) mass is 287 g/mol. The highest BCUT2D eigenvalue weighted by Crippen LogP contribution is 2.21. The van der Waals surface area contributed by atoms with Crippen molar-refractivity contribution in [1.82, 2.24) is 15.1 Å². The lowest BCUT2D eigenvalue weighted by Gasteiger charge is -2.25. The molecule has 0 saturated carbocycles. The van der Waals surface area contributed by atoms with Gasteiger partial charge in [-0.1, -0.05) is 6.92 Å². The first-order valence-corrected chi connectivity index (χ1v) is 7.88. The molecule has 2 unspecified atom stereocenters. The van der Waals surface area contributed by atoms with Gasteiger partial charge in [0.05, 0.1) is 5.88 Å². The van der Waals surface area contributed by atoms with Crippen LogP contribution in [0.5, 0.6) is 0 Å². The fourth-order valence-corrected chi connectivity index (χ4v) is 3.84. The molecule has 2 aliphatic rings. The topological polar surface area (TPSA) is 72.9 Å². The molecule has 0 bridgehead atoms. The van der Waals surface area contributed by atoms with Crippen molar-refractivity contribution in [3.63, 3.8) is 0 Å². The second-order valence-electron chi connectivity index (χ2n) is 4.93. The van der Waals surface area contributed by atoms with Crippen LogP contribution in [-0.2, 0) is 4.79 Å². The van der Waals surface area contributed by atoms with Gasteiger partial charge in [0.15, 0.2) is 0 Å². The van der Waals surface area contributed by atoms with Crippen molar-refractivity contribution in [2.24, 2.45) is 0 Å². The lowest BCUT2D eigenvalue weighted by atomic mass is 10.2. The summed E-state index contributed by atoms with van der Waals surface area (Å²) in [6.07, 6.45) is 2.27. The molecule has 2 aliphatic heterocycles. The second kappa shape index (κ2) is 6.47. The number of carbonyl (C=O) groups is 2. The Morgan fingerprint density at radius 3 is 2.95 bits per heavy atom. The minimum atomic E-state index is -0.920. The normalized spacial score (nSPS) is 27.7. The molecule has 2 heterocycles. The number of rotatable bonds is 4. The van der Waals surface area contributed by atoms with Crippen LogP contribution in [0.2, 0.25) is 0 Å². The Morgan fingerprint density at radius 1 is 1.47 bits per heavy atom. The van der Waals surface area contributed by atoms with Crippen molar-refractivity contribution < 1.29 is 14.7 Å². The number of nitrogens with zero attached hydrogens (tertiary/aromatic N) is 2. The van der Waals surface area contributed by atoms with Crippen LogP contribution >= 0.6 is 11.8 Å². The number of carboxylic acid groups (broad SMARTS) is 1. The van der Waals surface area contributed by atoms with E-state index in [9.17, 15) is 9.59 Å². The van der Waals surface area contributed by atoms with E-state index in [0.29, 0.717) is 24.2 Å². The summed E-state index contributed by atoms with van der Waals surface area (Å²) < 4.78 is 0. The minimum Gasteiger partial charge on any atom is -0.480 e. The number of hydrogen-bond donors (Lipinski definition) is 2. The third kappa shape index (κ3) is 3.33. The van der Waals surface area contributed by atoms with Crippen LogP contribution in [0.3, 0.4) is 0 Å². The summed E-state index contributed by atoms with van der Waals surface area (Å²) in [4.78, 5) is 26.8. The van der Waals surface area contributed by atoms with Crippen LogP contribution in [0.25, 0.3) is 0 Å². The molecule has 2 N–H and O–H groups in total. The van der Waals surface area contributed by atoms with E-state index in [0.717, 1.165) is 19.5 Å². The van der Waals surface area contributed by atoms with Crippen LogP contribution in [0.15, 0.2) is 0 Å². The van der Waals surface area contributed by atoms with Gasteiger partial charge in [0.2, 0.25) is 0 Å². The summed E-state index contributed by atoms with van der Waals surface area (Å²) >= 11 is 1.48. The maximum Gasteiger partial charge on any atom is 0.327 e. The molecule has 19 heavy (non-hydrogen) atoms. The molecule has 2 atom stereocenters. The molecular formula is C12H21N3O3S. The van der Waals surface area contributed by atoms with Gasteiger partial charge in [-0.25, -0.2) is 9.59 Å². The second-order valence-corrected chi connectivity index (χ2v) is 5.93. The molecule has 0 spiro atoms. The van der Waals surface area contributed by atoms with Gasteiger partial charge in [-0.2, -0.15) is 0 Å². The number of aliphatic carboxylic acids is 1. The summed E-state index contributed by atoms with van der Waals surface area (Å²) in [7, 11) is 0. The molecule has 2 rings (SSSR count). The molecule has 108 valence electrons. The highest BCUT2D eigenvalue weighted by molar-refractivity contribution is 7.99. The molecule has 0 aromatic heterocycles. The van der Waals surface area contributed by atoms with Gasteiger partial charge in [-0.15, -0.1) is 11.8 Å². The molecule has 2 saturated heterocycles. The van der Waals surface area contributed by atoms with Crippen LogP contribution in [0.4, 0.5) is 4.79 Å². The third-order valence-electron chi connectivity index (χ3n) is 3.82. The van der Waals surface area contributed by atoms with Crippen molar-refractivity contribution in [2.45, 2.75) is 31.8 Å². The SMILES string of the molecule is CCN1CCCC1CNC(=O)N1CSCC1C(=O)O. The smallest absolute Gasteiger partial charge is 0.327 e. The van der Waals surface area contributed by atoms with Gasteiger partial charge >= 0.3 is 12.0 Å². The number of carboxylic acids is 1. The number of thioether (sulfide) groups is 1. The zero-order valence-corrected chi connectivity index (χ0v) is 12.0. The summed E-state index contributed by atoms with van der Waals surface area (Å²) in [6, 6.07) is -0.538. The Balaban J connectivity index is 1.82. The number of urea groups is 1. The van der Waals surface area contributed by atoms with Crippen molar-refractivity contribution in [1.29, 1.82) is 0 Å². The van der Waals surface area contributed by atoms with Crippen LogP contribution in [0.1, 0.15) is 19.8 Å². The predicted molar refractivity (Wildman–Crippen MR) is 74.3 cm³/mol. The van der Waals surface area contributed by atoms with Crippen molar-refractivity contribution in [2.75, 3.05) is 31.3 Å². The van der Waals surface area contributed by atoms with E-state index in [1.165, 1.54) is 23.1 Å². The van der Waals surface area contributed by atoms with E-state index in [4.69, 9.17) is 5.11 Å². The molecule has 0 aromatic carbocycles. The highest BCUT2D eigenvalue weighted by atomic mass is 32.2. The third-order valence-corrected chi connectivity index (χ3v) is 4.83. The Morgan fingerprint density at radius 2 is 2.26 bits per heavy atom. The first kappa shape index (κ1) is 14.5. The Bertz CT molecular complexity index is 353. The van der Waals surface area contributed by atoms with Gasteiger partial charge in [0.25, 0.3) is 0 Å². The van der Waals surface area contributed by atoms with Crippen LogP contribution in [0, 0.1) is 0 Å². The average Bonchev–Trinajstić information content (AvgIpc) is 3.04. The quantitative estimate of drug-likeness (QED) is 0.794. The van der Waals surface area contributed by atoms with Gasteiger partial charge in [-0.05, 0) is 25.9 Å². The maximum absolute atomic E-state index is 12.0. The van der Waals surface area contributed by atoms with E-state index in [1.54, 1.807) is 0 Å². The Labute approximate surface area is 117 Å². The van der Waals surface area contributed by atoms with Gasteiger partial charge in [-0.3, -0.25) is 4.90 Å². The van der Waals surface area contributed by atoms with Crippen LogP contribution < -0.4 is 5.32 Å². The summed E-state index contributed by atoms with van der Waals surface area (Å²) in [5.74, 6) is 0.0225. The molecule has 7 heteroatoms. The molecule has 0 aliphatic carbocycles. The minimum absolute atomic E-state index is 0.250. The molecule has 6 nitrogen and oxygen atoms in total. The largest absolute Gasteiger partial charge is 0.480 e. The van der Waals surface area contributed by atoms with Gasteiger partial charge < -0.3 is 15.3 Å². The summed E-state index contributed by atoms with van der Waals surface area (Å²) in [5, 5.41) is 11.9. The molecular weight excluding hydrogens is 266 g/mol. The van der Waals surface area contributed by atoms with E-state index in [1.807, 2.05) is 0 Å². The summed E-state index contributed by atoms with van der Waals surface area (Å²) in [6.45, 7) is 4.82. The number of nitrogens with one attached hydrogen (secondary N) is 1. The van der Waals surface area contributed by atoms with E-state index < -0.39 is 12.0 Å². The Hall–Kier alpha value is -0.950. The lowest BCUT2D eigenvalue weighted by molar-refractivity contribution is -0.140. The first-order chi connectivity index (χ1) is 9.13. The fraction of sp³-hybridized carbons (Fsp3) is 0.833. The molecule has 2 fully saturated rings. The zero-order valence-electron chi connectivity index (χ0n) is 11.2. The maximum atomic E-state index is 12.0. The van der Waals surface area contributed by atoms with E-state index >= 15 is 0 Å². The van der Waals surface area contributed by atoms with Gasteiger partial charge in [0.1, 0.15) is 6.04 Å². The predicted octanol–water partition coefficient (Wildman–Crippen LogP) is 0.640. The fourth-order valence-electron chi connectivity index (χ4n) is 2.70. The number of likely N-dealkylation sites (N-methyl/N-ethyl adjacent to an activating group) is 1. The van der Waals surface area contributed by atoms with Crippen molar-refractivity contribution in [3.8, 4) is 0 Å². The number of carbonyl (C=O) groups excluding carboxylic acids is 1. The van der Waals surface area contributed by atoms with Crippen molar-refractivity contribution in [3.05, 3.63) is 0 Å².